The number of nitrogens with zero attached hydrogens (tertiary/aromatic N) is 2. The molecule has 1 aromatic rings. The molecule has 2 rings (SSSR count). The van der Waals surface area contributed by atoms with Gasteiger partial charge in [-0.05, 0) is 25.0 Å². The zero-order valence-electron chi connectivity index (χ0n) is 10.2. The Bertz CT molecular complexity index is 399. The third-order valence-corrected chi connectivity index (χ3v) is 3.73. The Kier molecular flexibility index (Phi) is 3.94. The van der Waals surface area contributed by atoms with Crippen LogP contribution in [-0.4, -0.2) is 23.1 Å². The fraction of sp³-hybridized carbons (Fsp3) is 0.538. The maximum absolute atomic E-state index is 5.61. The van der Waals surface area contributed by atoms with Crippen LogP contribution in [0, 0.1) is 0 Å². The van der Waals surface area contributed by atoms with Crippen LogP contribution in [0.1, 0.15) is 37.8 Å². The normalized spacial score (nSPS) is 16.8. The Morgan fingerprint density at radius 2 is 2.12 bits per heavy atom. The number of nitrogens with two attached hydrogens (primary N) is 1. The lowest BCUT2D eigenvalue weighted by Crippen LogP contribution is -2.33. The first kappa shape index (κ1) is 12.3. The molecule has 0 saturated heterocycles. The Morgan fingerprint density at radius 3 is 2.76 bits per heavy atom. The first-order valence-electron chi connectivity index (χ1n) is 6.17. The van der Waals surface area contributed by atoms with Crippen LogP contribution in [0.4, 0.5) is 5.69 Å². The van der Waals surface area contributed by atoms with E-state index in [0.717, 1.165) is 5.69 Å². The van der Waals surface area contributed by atoms with Gasteiger partial charge < -0.3 is 10.6 Å². The van der Waals surface area contributed by atoms with Gasteiger partial charge in [-0.1, -0.05) is 31.5 Å². The highest BCUT2D eigenvalue weighted by molar-refractivity contribution is 7.80. The first-order chi connectivity index (χ1) is 8.18. The molecule has 0 radical (unpaired) electrons. The molecule has 1 heterocycles. The molecule has 1 fully saturated rings. The molecule has 4 heteroatoms. The molecule has 1 aliphatic rings. The zero-order valence-corrected chi connectivity index (χ0v) is 11.0. The van der Waals surface area contributed by atoms with E-state index in [1.807, 2.05) is 12.1 Å². The van der Waals surface area contributed by atoms with Crippen LogP contribution in [-0.2, 0) is 0 Å². The molecule has 2 N–H and O–H groups in total. The van der Waals surface area contributed by atoms with E-state index in [2.05, 4.69) is 16.9 Å². The number of hydrogen-bond acceptors (Lipinski definition) is 3. The van der Waals surface area contributed by atoms with E-state index in [1.54, 1.807) is 6.20 Å². The standard InChI is InChI=1S/C13H19N3S/c1-16(10-5-3-2-4-6-10)11-7-8-15-12(9-11)13(14)17/h7-10H,2-6H2,1H3,(H2,14,17). The molecule has 3 nitrogen and oxygen atoms in total. The molecular formula is C13H19N3S. The molecule has 0 spiro atoms. The molecule has 92 valence electrons. The van der Waals surface area contributed by atoms with Crippen molar-refractivity contribution in [1.29, 1.82) is 0 Å². The fourth-order valence-electron chi connectivity index (χ4n) is 2.45. The van der Waals surface area contributed by atoms with Gasteiger partial charge in [-0.3, -0.25) is 4.98 Å². The van der Waals surface area contributed by atoms with Crippen LogP contribution < -0.4 is 10.6 Å². The van der Waals surface area contributed by atoms with Crippen molar-refractivity contribution in [2.75, 3.05) is 11.9 Å². The average molecular weight is 249 g/mol. The Labute approximate surface area is 108 Å². The van der Waals surface area contributed by atoms with E-state index in [9.17, 15) is 0 Å². The van der Waals surface area contributed by atoms with Gasteiger partial charge in [-0.25, -0.2) is 0 Å². The second kappa shape index (κ2) is 5.45. The van der Waals surface area contributed by atoms with Crippen molar-refractivity contribution in [3.05, 3.63) is 24.0 Å². The lowest BCUT2D eigenvalue weighted by molar-refractivity contribution is 0.427. The van der Waals surface area contributed by atoms with Crippen molar-refractivity contribution >= 4 is 22.9 Å². The number of anilines is 1. The smallest absolute Gasteiger partial charge is 0.122 e. The Balaban J connectivity index is 2.14. The van der Waals surface area contributed by atoms with Gasteiger partial charge in [0.2, 0.25) is 0 Å². The topological polar surface area (TPSA) is 42.2 Å². The molecule has 0 aliphatic heterocycles. The number of thiocarbonyl (C=S) groups is 1. The van der Waals surface area contributed by atoms with Crippen molar-refractivity contribution in [3.8, 4) is 0 Å². The molecule has 1 aliphatic carbocycles. The van der Waals surface area contributed by atoms with E-state index >= 15 is 0 Å². The van der Waals surface area contributed by atoms with Crippen molar-refractivity contribution in [2.45, 2.75) is 38.1 Å². The third kappa shape index (κ3) is 2.94. The highest BCUT2D eigenvalue weighted by Crippen LogP contribution is 2.26. The van der Waals surface area contributed by atoms with Crippen LogP contribution in [0.5, 0.6) is 0 Å². The first-order valence-corrected chi connectivity index (χ1v) is 6.58. The summed E-state index contributed by atoms with van der Waals surface area (Å²) >= 11 is 4.96. The monoisotopic (exact) mass is 249 g/mol. The summed E-state index contributed by atoms with van der Waals surface area (Å²) in [5.74, 6) is 0. The van der Waals surface area contributed by atoms with E-state index in [1.165, 1.54) is 32.1 Å². The van der Waals surface area contributed by atoms with Crippen molar-refractivity contribution in [3.63, 3.8) is 0 Å². The summed E-state index contributed by atoms with van der Waals surface area (Å²) in [4.78, 5) is 6.87. The summed E-state index contributed by atoms with van der Waals surface area (Å²) in [5.41, 5.74) is 7.48. The molecular weight excluding hydrogens is 230 g/mol. The quantitative estimate of drug-likeness (QED) is 0.836. The van der Waals surface area contributed by atoms with Crippen LogP contribution in [0.2, 0.25) is 0 Å². The minimum Gasteiger partial charge on any atom is -0.388 e. The van der Waals surface area contributed by atoms with Crippen molar-refractivity contribution < 1.29 is 0 Å². The largest absolute Gasteiger partial charge is 0.388 e. The molecule has 0 amide bonds. The molecule has 1 aromatic heterocycles. The fourth-order valence-corrected chi connectivity index (χ4v) is 2.56. The third-order valence-electron chi connectivity index (χ3n) is 3.53. The summed E-state index contributed by atoms with van der Waals surface area (Å²) in [6, 6.07) is 4.65. The summed E-state index contributed by atoms with van der Waals surface area (Å²) in [6.07, 6.45) is 8.38. The number of rotatable bonds is 3. The van der Waals surface area contributed by atoms with Gasteiger partial charge in [-0.15, -0.1) is 0 Å². The molecule has 0 aromatic carbocycles. The second-order valence-corrected chi connectivity index (χ2v) is 5.11. The molecule has 17 heavy (non-hydrogen) atoms. The van der Waals surface area contributed by atoms with E-state index in [4.69, 9.17) is 18.0 Å². The number of hydrogen-bond donors (Lipinski definition) is 1. The van der Waals surface area contributed by atoms with Crippen molar-refractivity contribution in [1.82, 2.24) is 4.98 Å². The van der Waals surface area contributed by atoms with Gasteiger partial charge in [-0.2, -0.15) is 0 Å². The lowest BCUT2D eigenvalue weighted by atomic mass is 9.94. The molecule has 0 unspecified atom stereocenters. The highest BCUT2D eigenvalue weighted by Gasteiger charge is 2.18. The highest BCUT2D eigenvalue weighted by atomic mass is 32.1. The number of aromatic nitrogens is 1. The summed E-state index contributed by atoms with van der Waals surface area (Å²) in [5, 5.41) is 0. The van der Waals surface area contributed by atoms with Gasteiger partial charge in [0, 0.05) is 25.0 Å². The van der Waals surface area contributed by atoms with Crippen LogP contribution >= 0.6 is 12.2 Å². The summed E-state index contributed by atoms with van der Waals surface area (Å²) in [6.45, 7) is 0. The SMILES string of the molecule is CN(c1ccnc(C(N)=S)c1)C1CCCCC1. The van der Waals surface area contributed by atoms with E-state index < -0.39 is 0 Å². The minimum atomic E-state index is 0.365. The van der Waals surface area contributed by atoms with Crippen molar-refractivity contribution in [2.24, 2.45) is 5.73 Å². The Morgan fingerprint density at radius 1 is 1.41 bits per heavy atom. The molecule has 0 bridgehead atoms. The predicted molar refractivity (Wildman–Crippen MR) is 75.4 cm³/mol. The zero-order chi connectivity index (χ0) is 12.3. The minimum absolute atomic E-state index is 0.365. The maximum atomic E-state index is 5.61. The average Bonchev–Trinajstić information content (AvgIpc) is 2.39. The lowest BCUT2D eigenvalue weighted by Gasteiger charge is -2.33. The van der Waals surface area contributed by atoms with Crippen LogP contribution in [0.15, 0.2) is 18.3 Å². The molecule has 1 saturated carbocycles. The van der Waals surface area contributed by atoms with Crippen LogP contribution in [0.3, 0.4) is 0 Å². The second-order valence-electron chi connectivity index (χ2n) is 4.67. The summed E-state index contributed by atoms with van der Waals surface area (Å²) < 4.78 is 0. The van der Waals surface area contributed by atoms with Gasteiger partial charge in [0.25, 0.3) is 0 Å². The molecule has 0 atom stereocenters. The van der Waals surface area contributed by atoms with Crippen LogP contribution in [0.25, 0.3) is 0 Å². The Hall–Kier alpha value is -1.16. The predicted octanol–water partition coefficient (Wildman–Crippen LogP) is 2.48. The van der Waals surface area contributed by atoms with E-state index in [0.29, 0.717) is 16.7 Å². The number of pyridine rings is 1. The van der Waals surface area contributed by atoms with Gasteiger partial charge >= 0.3 is 0 Å². The summed E-state index contributed by atoms with van der Waals surface area (Å²) in [7, 11) is 2.15. The van der Waals surface area contributed by atoms with Gasteiger partial charge in [0.15, 0.2) is 0 Å². The maximum Gasteiger partial charge on any atom is 0.122 e. The van der Waals surface area contributed by atoms with E-state index in [-0.39, 0.29) is 0 Å². The van der Waals surface area contributed by atoms with Gasteiger partial charge in [0.1, 0.15) is 4.99 Å². The van der Waals surface area contributed by atoms with Gasteiger partial charge in [0.05, 0.1) is 5.69 Å².